The predicted molar refractivity (Wildman–Crippen MR) is 90.3 cm³/mol. The second-order valence-electron chi connectivity index (χ2n) is 7.17. The van der Waals surface area contributed by atoms with Crippen molar-refractivity contribution in [1.82, 2.24) is 0 Å². The van der Waals surface area contributed by atoms with E-state index in [4.69, 9.17) is 4.84 Å². The first-order valence-corrected chi connectivity index (χ1v) is 8.87. The van der Waals surface area contributed by atoms with E-state index in [1.807, 2.05) is 0 Å². The summed E-state index contributed by atoms with van der Waals surface area (Å²) >= 11 is 0. The number of oxime groups is 1. The third-order valence-corrected chi connectivity index (χ3v) is 5.46. The van der Waals surface area contributed by atoms with Crippen LogP contribution in [0.3, 0.4) is 0 Å². The van der Waals surface area contributed by atoms with E-state index in [0.717, 1.165) is 49.9 Å². The summed E-state index contributed by atoms with van der Waals surface area (Å²) in [7, 11) is 0. The Morgan fingerprint density at radius 1 is 1.00 bits per heavy atom. The highest BCUT2D eigenvalue weighted by Gasteiger charge is 2.64. The van der Waals surface area contributed by atoms with Gasteiger partial charge in [-0.15, -0.1) is 0 Å². The van der Waals surface area contributed by atoms with E-state index >= 15 is 0 Å². The molecule has 3 fully saturated rings. The molecule has 0 bridgehead atoms. The van der Waals surface area contributed by atoms with Gasteiger partial charge in [-0.1, -0.05) is 17.3 Å². The molecule has 3 nitrogen and oxygen atoms in total. The SMILES string of the molecule is FC(F)(F)C1(c2ccc(NC(ON=C3CCC3)=C3CCC3)cc2)CC1. The topological polar surface area (TPSA) is 33.6 Å². The number of rotatable bonds is 5. The number of alkyl halides is 3. The minimum absolute atomic E-state index is 0.180. The molecular formula is C19H21F3N2O. The third-order valence-electron chi connectivity index (χ3n) is 5.46. The van der Waals surface area contributed by atoms with Gasteiger partial charge in [0, 0.05) is 5.69 Å². The van der Waals surface area contributed by atoms with E-state index in [2.05, 4.69) is 10.5 Å². The van der Waals surface area contributed by atoms with Crippen molar-refractivity contribution in [2.45, 2.75) is 63.0 Å². The van der Waals surface area contributed by atoms with Gasteiger partial charge in [0.05, 0.1) is 11.1 Å². The summed E-state index contributed by atoms with van der Waals surface area (Å²) in [4.78, 5) is 5.59. The zero-order valence-electron chi connectivity index (χ0n) is 14.0. The highest BCUT2D eigenvalue weighted by atomic mass is 19.4. The van der Waals surface area contributed by atoms with Crippen LogP contribution in [0.1, 0.15) is 56.9 Å². The lowest BCUT2D eigenvalue weighted by atomic mass is 9.92. The summed E-state index contributed by atoms with van der Waals surface area (Å²) in [6.07, 6.45) is 2.39. The molecule has 0 unspecified atom stereocenters. The monoisotopic (exact) mass is 350 g/mol. The largest absolute Gasteiger partial charge is 0.398 e. The van der Waals surface area contributed by atoms with Crippen LogP contribution in [0.15, 0.2) is 40.9 Å². The molecule has 0 atom stereocenters. The van der Waals surface area contributed by atoms with Crippen molar-refractivity contribution < 1.29 is 18.0 Å². The van der Waals surface area contributed by atoms with Crippen LogP contribution < -0.4 is 5.32 Å². The summed E-state index contributed by atoms with van der Waals surface area (Å²) in [6.45, 7) is 0. The van der Waals surface area contributed by atoms with Gasteiger partial charge >= 0.3 is 6.18 Å². The van der Waals surface area contributed by atoms with Crippen molar-refractivity contribution in [3.8, 4) is 0 Å². The van der Waals surface area contributed by atoms with Crippen LogP contribution in [0.5, 0.6) is 0 Å². The van der Waals surface area contributed by atoms with Crippen LogP contribution in [0.4, 0.5) is 18.9 Å². The molecule has 1 N–H and O–H groups in total. The molecule has 0 saturated heterocycles. The van der Waals surface area contributed by atoms with Gasteiger partial charge in [0.25, 0.3) is 0 Å². The maximum atomic E-state index is 13.2. The number of nitrogens with zero attached hydrogens (tertiary/aromatic N) is 1. The van der Waals surface area contributed by atoms with Crippen molar-refractivity contribution in [2.24, 2.45) is 5.16 Å². The molecule has 6 heteroatoms. The molecule has 3 aliphatic rings. The van der Waals surface area contributed by atoms with E-state index < -0.39 is 11.6 Å². The van der Waals surface area contributed by atoms with Gasteiger partial charge in [-0.05, 0) is 74.6 Å². The molecule has 3 aliphatic carbocycles. The highest BCUT2D eigenvalue weighted by molar-refractivity contribution is 5.88. The van der Waals surface area contributed by atoms with Gasteiger partial charge in [-0.3, -0.25) is 0 Å². The third kappa shape index (κ3) is 3.14. The van der Waals surface area contributed by atoms with Gasteiger partial charge < -0.3 is 10.2 Å². The van der Waals surface area contributed by atoms with E-state index in [9.17, 15) is 13.2 Å². The number of allylic oxidation sites excluding steroid dienone is 1. The van der Waals surface area contributed by atoms with Crippen molar-refractivity contribution >= 4 is 11.4 Å². The smallest absolute Gasteiger partial charge is 0.339 e. The number of nitrogens with one attached hydrogen (secondary N) is 1. The number of hydrogen-bond acceptors (Lipinski definition) is 3. The molecule has 0 aliphatic heterocycles. The summed E-state index contributed by atoms with van der Waals surface area (Å²) in [5, 5.41) is 7.37. The molecule has 4 rings (SSSR count). The van der Waals surface area contributed by atoms with E-state index in [1.165, 1.54) is 5.57 Å². The minimum Gasteiger partial charge on any atom is -0.339 e. The van der Waals surface area contributed by atoms with Crippen LogP contribution >= 0.6 is 0 Å². The number of benzene rings is 1. The Bertz CT molecular complexity index is 703. The fraction of sp³-hybridized carbons (Fsp3) is 0.526. The number of hydrogen-bond donors (Lipinski definition) is 1. The maximum Gasteiger partial charge on any atom is 0.398 e. The second-order valence-corrected chi connectivity index (χ2v) is 7.17. The van der Waals surface area contributed by atoms with Crippen molar-refractivity contribution in [2.75, 3.05) is 5.32 Å². The Morgan fingerprint density at radius 3 is 2.08 bits per heavy atom. The molecule has 3 saturated carbocycles. The Labute approximate surface area is 144 Å². The van der Waals surface area contributed by atoms with E-state index in [-0.39, 0.29) is 12.8 Å². The zero-order valence-corrected chi connectivity index (χ0v) is 14.0. The van der Waals surface area contributed by atoms with E-state index in [0.29, 0.717) is 11.4 Å². The zero-order chi connectivity index (χ0) is 17.5. The Morgan fingerprint density at radius 2 is 1.64 bits per heavy atom. The fourth-order valence-electron chi connectivity index (χ4n) is 3.16. The van der Waals surface area contributed by atoms with Crippen LogP contribution in [0.25, 0.3) is 0 Å². The molecule has 0 spiro atoms. The molecule has 1 aromatic rings. The molecule has 0 heterocycles. The van der Waals surface area contributed by atoms with Gasteiger partial charge in [-0.25, -0.2) is 0 Å². The first-order valence-electron chi connectivity index (χ1n) is 8.87. The molecular weight excluding hydrogens is 329 g/mol. The minimum atomic E-state index is -4.18. The number of halogens is 3. The lowest BCUT2D eigenvalue weighted by Crippen LogP contribution is -2.28. The maximum absolute atomic E-state index is 13.2. The van der Waals surface area contributed by atoms with Crippen LogP contribution in [0, 0.1) is 0 Å². The first kappa shape index (κ1) is 16.5. The quantitative estimate of drug-likeness (QED) is 0.550. The summed E-state index contributed by atoms with van der Waals surface area (Å²) in [6, 6.07) is 6.54. The van der Waals surface area contributed by atoms with Gasteiger partial charge in [-0.2, -0.15) is 13.2 Å². The molecule has 25 heavy (non-hydrogen) atoms. The van der Waals surface area contributed by atoms with Gasteiger partial charge in [0.15, 0.2) is 0 Å². The molecule has 134 valence electrons. The lowest BCUT2D eigenvalue weighted by Gasteiger charge is -2.23. The van der Waals surface area contributed by atoms with Gasteiger partial charge in [0.2, 0.25) is 5.88 Å². The van der Waals surface area contributed by atoms with Crippen molar-refractivity contribution in [1.29, 1.82) is 0 Å². The number of anilines is 1. The summed E-state index contributed by atoms with van der Waals surface area (Å²) in [5.74, 6) is 0.635. The van der Waals surface area contributed by atoms with Crippen LogP contribution in [0.2, 0.25) is 0 Å². The normalized spacial score (nSPS) is 21.1. The molecule has 0 radical (unpaired) electrons. The second kappa shape index (κ2) is 6.07. The summed E-state index contributed by atoms with van der Waals surface area (Å²) < 4.78 is 39.6. The molecule has 0 amide bonds. The standard InChI is InChI=1S/C19H21F3N2O/c20-19(21,22)18(11-12-18)14-7-9-15(10-8-14)23-17(13-3-1-4-13)25-24-16-5-2-6-16/h7-10,23H,1-6,11-12H2. The highest BCUT2D eigenvalue weighted by Crippen LogP contribution is 2.58. The average molecular weight is 350 g/mol. The van der Waals surface area contributed by atoms with Crippen LogP contribution in [-0.2, 0) is 10.3 Å². The lowest BCUT2D eigenvalue weighted by molar-refractivity contribution is -0.160. The van der Waals surface area contributed by atoms with Crippen molar-refractivity contribution in [3.63, 3.8) is 0 Å². The van der Waals surface area contributed by atoms with Crippen LogP contribution in [-0.4, -0.2) is 11.9 Å². The Balaban J connectivity index is 1.48. The molecule has 0 aromatic heterocycles. The van der Waals surface area contributed by atoms with Gasteiger partial charge in [0.1, 0.15) is 0 Å². The average Bonchev–Trinajstić information content (AvgIpc) is 3.25. The Hall–Kier alpha value is -1.98. The first-order chi connectivity index (χ1) is 12.0. The predicted octanol–water partition coefficient (Wildman–Crippen LogP) is 5.64. The van der Waals surface area contributed by atoms with Crippen molar-refractivity contribution in [3.05, 3.63) is 41.3 Å². The fourth-order valence-corrected chi connectivity index (χ4v) is 3.16. The van der Waals surface area contributed by atoms with E-state index in [1.54, 1.807) is 24.3 Å². The summed E-state index contributed by atoms with van der Waals surface area (Å²) in [5.41, 5.74) is 1.69. The molecule has 1 aromatic carbocycles. The Kier molecular flexibility index (Phi) is 4.01.